The number of fused-ring (bicyclic) bond motifs is 1. The summed E-state index contributed by atoms with van der Waals surface area (Å²) in [4.78, 5) is 96.1. The molecule has 4 N–H and O–H groups in total. The SMILES string of the molecule is C/C=C(/NCC(=O)NC(=O)OC(C)(C)C)SC1=C(C(=O)OC(c2ccccc2)c2ccccc2)N2C(=O)C(NC(=O)/C(=N\OC(c3ccccc3)(c3ccccc3)c3ccccc3)c3csc(NC(=O)OC(C)(C)C)n3)C2SC1. The van der Waals surface area contributed by atoms with Crippen LogP contribution in [0.5, 0.6) is 0 Å². The molecule has 0 aliphatic carbocycles. The molecule has 2 aliphatic heterocycles. The summed E-state index contributed by atoms with van der Waals surface area (Å²) >= 11 is 3.42. The van der Waals surface area contributed by atoms with Crippen LogP contribution >= 0.6 is 34.9 Å². The number of alkyl carbamates (subject to hydrolysis) is 1. The highest BCUT2D eigenvalue weighted by Crippen LogP contribution is 2.46. The van der Waals surface area contributed by atoms with Crippen LogP contribution in [0.1, 0.15) is 88.1 Å². The Morgan fingerprint density at radius 3 is 1.76 bits per heavy atom. The lowest BCUT2D eigenvalue weighted by molar-refractivity contribution is -0.154. The van der Waals surface area contributed by atoms with Gasteiger partial charge in [0.05, 0.1) is 11.6 Å². The number of oxime groups is 1. The van der Waals surface area contributed by atoms with Gasteiger partial charge in [0.1, 0.15) is 34.0 Å². The minimum Gasteiger partial charge on any atom is -0.448 e. The van der Waals surface area contributed by atoms with Crippen molar-refractivity contribution in [2.45, 2.75) is 82.8 Å². The first-order chi connectivity index (χ1) is 37.8. The van der Waals surface area contributed by atoms with Crippen LogP contribution < -0.4 is 21.3 Å². The van der Waals surface area contributed by atoms with Gasteiger partial charge >= 0.3 is 18.2 Å². The fourth-order valence-corrected chi connectivity index (χ4v) is 11.5. The largest absolute Gasteiger partial charge is 0.448 e. The molecular formula is C59H59N7O10S3. The van der Waals surface area contributed by atoms with E-state index in [0.717, 1.165) is 23.1 Å². The summed E-state index contributed by atoms with van der Waals surface area (Å²) < 4.78 is 17.1. The Hall–Kier alpha value is -8.20. The molecule has 1 saturated heterocycles. The van der Waals surface area contributed by atoms with Gasteiger partial charge in [-0.1, -0.05) is 175 Å². The minimum absolute atomic E-state index is 0.0124. The number of benzene rings is 5. The van der Waals surface area contributed by atoms with Crippen molar-refractivity contribution in [2.75, 3.05) is 17.6 Å². The van der Waals surface area contributed by atoms with Crippen LogP contribution in [0.3, 0.4) is 0 Å². The van der Waals surface area contributed by atoms with E-state index in [0.29, 0.717) is 37.8 Å². The molecule has 79 heavy (non-hydrogen) atoms. The predicted octanol–water partition coefficient (Wildman–Crippen LogP) is 10.4. The number of thiazole rings is 1. The molecule has 0 radical (unpaired) electrons. The van der Waals surface area contributed by atoms with Gasteiger partial charge < -0.3 is 29.7 Å². The highest BCUT2D eigenvalue weighted by molar-refractivity contribution is 8.08. The van der Waals surface area contributed by atoms with E-state index < -0.39 is 70.2 Å². The van der Waals surface area contributed by atoms with Gasteiger partial charge in [0, 0.05) is 32.7 Å². The van der Waals surface area contributed by atoms with E-state index in [-0.39, 0.29) is 34.5 Å². The number of carbonyl (C=O) groups is 6. The molecule has 20 heteroatoms. The summed E-state index contributed by atoms with van der Waals surface area (Å²) in [6.45, 7) is 11.6. The van der Waals surface area contributed by atoms with E-state index in [1.54, 1.807) is 54.5 Å². The number of nitrogens with zero attached hydrogens (tertiary/aromatic N) is 3. The highest BCUT2D eigenvalue weighted by atomic mass is 32.2. The summed E-state index contributed by atoms with van der Waals surface area (Å²) in [5.41, 5.74) is -0.0244. The smallest absolute Gasteiger partial charge is 0.414 e. The molecule has 1 fully saturated rings. The lowest BCUT2D eigenvalue weighted by atomic mass is 9.80. The molecule has 3 heterocycles. The quantitative estimate of drug-likeness (QED) is 0.0157. The summed E-state index contributed by atoms with van der Waals surface area (Å²) in [6.07, 6.45) is -0.866. The number of β-lactam (4-membered cyclic amide) rings is 1. The third-order valence-electron chi connectivity index (χ3n) is 11.8. The molecule has 0 saturated carbocycles. The fourth-order valence-electron chi connectivity index (χ4n) is 8.40. The van der Waals surface area contributed by atoms with Crippen molar-refractivity contribution in [3.8, 4) is 0 Å². The number of imide groups is 1. The summed E-state index contributed by atoms with van der Waals surface area (Å²) in [7, 11) is 0. The van der Waals surface area contributed by atoms with Gasteiger partial charge in [-0.05, 0) is 59.6 Å². The number of anilines is 1. The average Bonchev–Trinajstić information content (AvgIpc) is 4.06. The number of amides is 5. The lowest BCUT2D eigenvalue weighted by Gasteiger charge is -2.49. The van der Waals surface area contributed by atoms with E-state index >= 15 is 4.79 Å². The maximum atomic E-state index is 15.1. The molecule has 2 aliphatic rings. The number of esters is 1. The zero-order valence-corrected chi connectivity index (χ0v) is 46.8. The third-order valence-corrected chi connectivity index (χ3v) is 15.2. The van der Waals surface area contributed by atoms with Gasteiger partial charge in [-0.15, -0.1) is 23.1 Å². The molecule has 408 valence electrons. The van der Waals surface area contributed by atoms with Gasteiger partial charge in [0.15, 0.2) is 16.9 Å². The molecule has 2 atom stereocenters. The van der Waals surface area contributed by atoms with Crippen molar-refractivity contribution in [2.24, 2.45) is 5.16 Å². The van der Waals surface area contributed by atoms with Crippen molar-refractivity contribution >= 4 is 81.6 Å². The van der Waals surface area contributed by atoms with Crippen molar-refractivity contribution < 1.29 is 47.8 Å². The Balaban J connectivity index is 1.14. The predicted molar refractivity (Wildman–Crippen MR) is 305 cm³/mol. The molecule has 5 amide bonds. The Kier molecular flexibility index (Phi) is 18.1. The number of ether oxygens (including phenoxy) is 3. The van der Waals surface area contributed by atoms with Crippen LogP contribution in [0.25, 0.3) is 0 Å². The first-order valence-electron chi connectivity index (χ1n) is 25.1. The van der Waals surface area contributed by atoms with E-state index in [9.17, 15) is 24.0 Å². The van der Waals surface area contributed by atoms with Crippen LogP contribution in [-0.2, 0) is 43.8 Å². The van der Waals surface area contributed by atoms with Crippen molar-refractivity contribution in [1.29, 1.82) is 0 Å². The zero-order chi connectivity index (χ0) is 56.3. The number of hydrogen-bond acceptors (Lipinski definition) is 16. The van der Waals surface area contributed by atoms with E-state index in [1.807, 2.05) is 152 Å². The van der Waals surface area contributed by atoms with E-state index in [1.165, 1.54) is 22.0 Å². The zero-order valence-electron chi connectivity index (χ0n) is 44.4. The average molecular weight is 1120 g/mol. The maximum Gasteiger partial charge on any atom is 0.414 e. The van der Waals surface area contributed by atoms with Crippen molar-refractivity contribution in [3.63, 3.8) is 0 Å². The third kappa shape index (κ3) is 14.1. The Bertz CT molecular complexity index is 3120. The standard InChI is InChI=1S/C59H59N7O10S3/c1-8-45(60-34-44(67)62-55(71)74-57(2,3)4)79-43-36-77-52-47(51(69)66(52)48(43)53(70)73-49(37-24-14-9-15-25-37)38-26-16-10-17-27-38)63-50(68)46(42-35-78-54(61-42)64-56(72)75-58(5,6)7)65-76-59(39-28-18-11-19-29-39,40-30-20-12-21-31-40)41-32-22-13-23-33-41/h8-33,35,47,49,52,60H,34,36H2,1-7H3,(H,63,68)(H,61,64,72)(H,62,67,71)/b45-8-,65-46-. The molecule has 0 bridgehead atoms. The Labute approximate surface area is 470 Å². The maximum absolute atomic E-state index is 15.1. The molecule has 5 aromatic carbocycles. The van der Waals surface area contributed by atoms with Crippen molar-refractivity contribution in [3.05, 3.63) is 212 Å². The number of thioether (sulfide) groups is 2. The first-order valence-corrected chi connectivity index (χ1v) is 27.9. The molecule has 8 rings (SSSR count). The van der Waals surface area contributed by atoms with E-state index in [4.69, 9.17) is 19.0 Å². The van der Waals surface area contributed by atoms with Gasteiger partial charge in [0.2, 0.25) is 11.5 Å². The molecule has 1 aromatic heterocycles. The number of nitrogens with one attached hydrogen (secondary N) is 4. The lowest BCUT2D eigenvalue weighted by Crippen LogP contribution is -2.71. The first kappa shape index (κ1) is 57.0. The van der Waals surface area contributed by atoms with Crippen LogP contribution in [0.2, 0.25) is 0 Å². The molecule has 17 nitrogen and oxygen atoms in total. The van der Waals surface area contributed by atoms with Crippen LogP contribution in [0, 0.1) is 0 Å². The van der Waals surface area contributed by atoms with Crippen LogP contribution in [-0.4, -0.2) is 86.4 Å². The van der Waals surface area contributed by atoms with Gasteiger partial charge in [-0.25, -0.2) is 19.4 Å². The monoisotopic (exact) mass is 1120 g/mol. The normalized spacial score (nSPS) is 15.7. The molecule has 6 aromatic rings. The summed E-state index contributed by atoms with van der Waals surface area (Å²) in [5.74, 6) is -2.80. The number of aromatic nitrogens is 1. The highest BCUT2D eigenvalue weighted by Gasteiger charge is 2.55. The molecule has 0 spiro atoms. The summed E-state index contributed by atoms with van der Waals surface area (Å²) in [5, 5.41) is 16.6. The van der Waals surface area contributed by atoms with Gasteiger partial charge in [-0.3, -0.25) is 29.9 Å². The number of allylic oxidation sites excluding steroid dienone is 1. The second kappa shape index (κ2) is 25.1. The topological polar surface area (TPSA) is 216 Å². The van der Waals surface area contributed by atoms with Crippen LogP contribution in [0.15, 0.2) is 184 Å². The minimum atomic E-state index is -1.43. The van der Waals surface area contributed by atoms with E-state index in [2.05, 4.69) is 31.4 Å². The van der Waals surface area contributed by atoms with Gasteiger partial charge in [0.25, 0.3) is 11.8 Å². The molecular weight excluding hydrogens is 1060 g/mol. The second-order valence-electron chi connectivity index (χ2n) is 19.9. The Morgan fingerprint density at radius 1 is 0.747 bits per heavy atom. The number of carbonyl (C=O) groups excluding carboxylic acids is 6. The number of rotatable bonds is 18. The summed E-state index contributed by atoms with van der Waals surface area (Å²) in [6, 6.07) is 45.4. The Morgan fingerprint density at radius 2 is 1.25 bits per heavy atom. The van der Waals surface area contributed by atoms with Crippen LogP contribution in [0.4, 0.5) is 14.7 Å². The van der Waals surface area contributed by atoms with Crippen molar-refractivity contribution in [1.82, 2.24) is 25.8 Å². The fraction of sp³-hybridized carbons (Fsp3) is 0.254. The van der Waals surface area contributed by atoms with Gasteiger partial charge in [-0.2, -0.15) is 0 Å². The second-order valence-corrected chi connectivity index (χ2v) is 23.0. The molecule has 2 unspecified atom stereocenters. The number of hydrogen-bond donors (Lipinski definition) is 4.